The van der Waals surface area contributed by atoms with Crippen molar-refractivity contribution in [1.82, 2.24) is 9.97 Å². The summed E-state index contributed by atoms with van der Waals surface area (Å²) >= 11 is 7.70. The average molecular weight is 478 g/mol. The summed E-state index contributed by atoms with van der Waals surface area (Å²) in [6.45, 7) is 0. The molecule has 2 heterocycles. The van der Waals surface area contributed by atoms with Crippen LogP contribution in [-0.2, 0) is 5.75 Å². The Labute approximate surface area is 189 Å². The summed E-state index contributed by atoms with van der Waals surface area (Å²) in [5.41, 5.74) is 1.40. The van der Waals surface area contributed by atoms with Gasteiger partial charge in [-0.15, -0.1) is 0 Å². The SMILES string of the molecule is O=C(Nc1cccc(Cl)c1SC(F)F)c1oc2ccccc2c1CSc1ncccn1. The van der Waals surface area contributed by atoms with Gasteiger partial charge in [0.05, 0.1) is 15.6 Å². The van der Waals surface area contributed by atoms with E-state index in [9.17, 15) is 13.6 Å². The number of aromatic nitrogens is 2. The van der Waals surface area contributed by atoms with Gasteiger partial charge < -0.3 is 9.73 Å². The molecule has 31 heavy (non-hydrogen) atoms. The highest BCUT2D eigenvalue weighted by Gasteiger charge is 2.23. The maximum Gasteiger partial charge on any atom is 0.291 e. The fourth-order valence-electron chi connectivity index (χ4n) is 2.92. The van der Waals surface area contributed by atoms with Crippen LogP contribution in [0.15, 0.2) is 75.4 Å². The number of halogens is 3. The van der Waals surface area contributed by atoms with E-state index in [0.29, 0.717) is 22.1 Å². The van der Waals surface area contributed by atoms with Gasteiger partial charge in [0.2, 0.25) is 0 Å². The Bertz CT molecular complexity index is 1220. The number of benzene rings is 2. The predicted molar refractivity (Wildman–Crippen MR) is 119 cm³/mol. The maximum absolute atomic E-state index is 13.1. The zero-order valence-electron chi connectivity index (χ0n) is 15.7. The van der Waals surface area contributed by atoms with Crippen molar-refractivity contribution in [2.24, 2.45) is 0 Å². The summed E-state index contributed by atoms with van der Waals surface area (Å²) < 4.78 is 31.7. The highest BCUT2D eigenvalue weighted by molar-refractivity contribution is 7.99. The minimum atomic E-state index is -2.68. The van der Waals surface area contributed by atoms with E-state index < -0.39 is 11.7 Å². The molecule has 0 radical (unpaired) electrons. The van der Waals surface area contributed by atoms with Gasteiger partial charge in [0, 0.05) is 29.1 Å². The lowest BCUT2D eigenvalue weighted by Gasteiger charge is -2.11. The fourth-order valence-corrected chi connectivity index (χ4v) is 4.66. The third-order valence-electron chi connectivity index (χ3n) is 4.21. The van der Waals surface area contributed by atoms with Crippen LogP contribution in [0.1, 0.15) is 16.1 Å². The van der Waals surface area contributed by atoms with E-state index in [0.717, 1.165) is 5.39 Å². The molecular weight excluding hydrogens is 464 g/mol. The molecule has 1 N–H and O–H groups in total. The maximum atomic E-state index is 13.1. The van der Waals surface area contributed by atoms with Gasteiger partial charge in [-0.3, -0.25) is 4.79 Å². The van der Waals surface area contributed by atoms with Crippen LogP contribution >= 0.6 is 35.1 Å². The van der Waals surface area contributed by atoms with Crippen molar-refractivity contribution in [3.05, 3.63) is 77.3 Å². The van der Waals surface area contributed by atoms with Gasteiger partial charge in [0.25, 0.3) is 11.7 Å². The largest absolute Gasteiger partial charge is 0.451 e. The van der Waals surface area contributed by atoms with Crippen LogP contribution in [0.3, 0.4) is 0 Å². The van der Waals surface area contributed by atoms with Gasteiger partial charge in [-0.2, -0.15) is 8.78 Å². The first-order valence-corrected chi connectivity index (χ1v) is 11.2. The number of fused-ring (bicyclic) bond motifs is 1. The van der Waals surface area contributed by atoms with Crippen molar-refractivity contribution in [3.63, 3.8) is 0 Å². The van der Waals surface area contributed by atoms with Crippen LogP contribution in [0, 0.1) is 0 Å². The zero-order chi connectivity index (χ0) is 21.8. The van der Waals surface area contributed by atoms with Crippen molar-refractivity contribution in [2.45, 2.75) is 21.6 Å². The molecule has 0 saturated carbocycles. The Morgan fingerprint density at radius 2 is 1.87 bits per heavy atom. The second-order valence-electron chi connectivity index (χ2n) is 6.18. The van der Waals surface area contributed by atoms with Gasteiger partial charge in [-0.05, 0) is 24.3 Å². The lowest BCUT2D eigenvalue weighted by atomic mass is 10.1. The Kier molecular flexibility index (Phi) is 6.74. The zero-order valence-corrected chi connectivity index (χ0v) is 18.1. The molecule has 0 aliphatic rings. The van der Waals surface area contributed by atoms with Gasteiger partial charge >= 0.3 is 0 Å². The molecule has 2 aromatic heterocycles. The fraction of sp³-hybridized carbons (Fsp3) is 0.0952. The number of amides is 1. The lowest BCUT2D eigenvalue weighted by Crippen LogP contribution is -2.13. The minimum absolute atomic E-state index is 0.0947. The van der Waals surface area contributed by atoms with Crippen molar-refractivity contribution in [1.29, 1.82) is 0 Å². The molecule has 0 fully saturated rings. The second-order valence-corrected chi connectivity index (χ2v) is 8.53. The first-order chi connectivity index (χ1) is 15.0. The minimum Gasteiger partial charge on any atom is -0.451 e. The molecule has 0 saturated heterocycles. The number of nitrogens with zero attached hydrogens (tertiary/aromatic N) is 2. The Morgan fingerprint density at radius 3 is 2.65 bits per heavy atom. The number of thioether (sulfide) groups is 2. The number of alkyl halides is 2. The van der Waals surface area contributed by atoms with Crippen molar-refractivity contribution >= 4 is 57.7 Å². The summed E-state index contributed by atoms with van der Waals surface area (Å²) in [5.74, 6) is -2.76. The third kappa shape index (κ3) is 5.00. The summed E-state index contributed by atoms with van der Waals surface area (Å²) in [5, 5.41) is 4.13. The molecule has 10 heteroatoms. The average Bonchev–Trinajstić information content (AvgIpc) is 3.14. The standard InChI is InChI=1S/C21H14ClF2N3O2S2/c22-14-6-3-7-15(18(14)31-20(23)24)27-19(28)17-13(11-30-21-25-9-4-10-26-21)12-5-1-2-8-16(12)29-17/h1-10,20H,11H2,(H,27,28). The summed E-state index contributed by atoms with van der Waals surface area (Å²) in [6.07, 6.45) is 3.27. The number of carbonyl (C=O) groups excluding carboxylic acids is 1. The molecule has 0 unspecified atom stereocenters. The van der Waals surface area contributed by atoms with E-state index in [1.54, 1.807) is 36.7 Å². The number of nitrogens with one attached hydrogen (secondary N) is 1. The van der Waals surface area contributed by atoms with E-state index in [1.807, 2.05) is 12.1 Å². The topological polar surface area (TPSA) is 68.0 Å². The molecule has 0 aliphatic carbocycles. The van der Waals surface area contributed by atoms with Crippen LogP contribution in [-0.4, -0.2) is 21.6 Å². The van der Waals surface area contributed by atoms with E-state index in [-0.39, 0.29) is 33.1 Å². The number of para-hydroxylation sites is 1. The van der Waals surface area contributed by atoms with E-state index >= 15 is 0 Å². The first kappa shape index (κ1) is 21.6. The number of carbonyl (C=O) groups is 1. The van der Waals surface area contributed by atoms with Crippen molar-refractivity contribution in [2.75, 3.05) is 5.32 Å². The molecule has 2 aromatic carbocycles. The summed E-state index contributed by atoms with van der Waals surface area (Å²) in [7, 11) is 0. The highest BCUT2D eigenvalue weighted by atomic mass is 35.5. The van der Waals surface area contributed by atoms with E-state index in [2.05, 4.69) is 15.3 Å². The summed E-state index contributed by atoms with van der Waals surface area (Å²) in [6, 6.07) is 13.6. The number of furan rings is 1. The Balaban J connectivity index is 1.66. The molecule has 0 spiro atoms. The number of anilines is 1. The molecular formula is C21H14ClF2N3O2S2. The van der Waals surface area contributed by atoms with Gasteiger partial charge in [0.15, 0.2) is 10.9 Å². The third-order valence-corrected chi connectivity index (χ3v) is 6.40. The molecule has 0 aliphatic heterocycles. The molecule has 0 atom stereocenters. The molecule has 4 aromatic rings. The quantitative estimate of drug-likeness (QED) is 0.235. The van der Waals surface area contributed by atoms with Gasteiger partial charge in [-0.1, -0.05) is 59.4 Å². The molecule has 4 rings (SSSR count). The molecule has 158 valence electrons. The lowest BCUT2D eigenvalue weighted by molar-refractivity contribution is 0.0997. The van der Waals surface area contributed by atoms with Crippen molar-refractivity contribution < 1.29 is 18.0 Å². The van der Waals surface area contributed by atoms with E-state index in [4.69, 9.17) is 16.0 Å². The van der Waals surface area contributed by atoms with Crippen LogP contribution in [0.25, 0.3) is 11.0 Å². The van der Waals surface area contributed by atoms with Crippen LogP contribution in [0.4, 0.5) is 14.5 Å². The van der Waals surface area contributed by atoms with Crippen LogP contribution in [0.5, 0.6) is 0 Å². The second kappa shape index (κ2) is 9.67. The smallest absolute Gasteiger partial charge is 0.291 e. The van der Waals surface area contributed by atoms with Gasteiger partial charge in [0.1, 0.15) is 5.58 Å². The monoisotopic (exact) mass is 477 g/mol. The summed E-state index contributed by atoms with van der Waals surface area (Å²) in [4.78, 5) is 21.5. The van der Waals surface area contributed by atoms with Crippen molar-refractivity contribution in [3.8, 4) is 0 Å². The molecule has 5 nitrogen and oxygen atoms in total. The normalized spacial score (nSPS) is 11.2. The van der Waals surface area contributed by atoms with E-state index in [1.165, 1.54) is 23.9 Å². The predicted octanol–water partition coefficient (Wildman–Crippen LogP) is 6.74. The number of rotatable bonds is 7. The first-order valence-electron chi connectivity index (χ1n) is 8.98. The van der Waals surface area contributed by atoms with Crippen LogP contribution in [0.2, 0.25) is 5.02 Å². The number of hydrogen-bond donors (Lipinski definition) is 1. The molecule has 0 bridgehead atoms. The highest BCUT2D eigenvalue weighted by Crippen LogP contribution is 2.38. The Hall–Kier alpha value is -2.62. The Morgan fingerprint density at radius 1 is 1.10 bits per heavy atom. The van der Waals surface area contributed by atoms with Crippen LogP contribution < -0.4 is 5.32 Å². The molecule has 1 amide bonds. The number of hydrogen-bond acceptors (Lipinski definition) is 6. The van der Waals surface area contributed by atoms with Gasteiger partial charge in [-0.25, -0.2) is 9.97 Å².